The van der Waals surface area contributed by atoms with Gasteiger partial charge in [0.2, 0.25) is 6.33 Å². The van der Waals surface area contributed by atoms with Crippen LogP contribution in [0.2, 0.25) is 0 Å². The molecule has 0 aliphatic carbocycles. The van der Waals surface area contributed by atoms with Crippen molar-refractivity contribution in [3.63, 3.8) is 0 Å². The molecule has 3 heterocycles. The number of nitrogens with zero attached hydrogens (tertiary/aromatic N) is 5. The van der Waals surface area contributed by atoms with Crippen LogP contribution in [0.4, 0.5) is 0 Å². The average Bonchev–Trinajstić information content (AvgIpc) is 2.78. The Bertz CT molecular complexity index is 426. The molecule has 0 bridgehead atoms. The Hall–Kier alpha value is -1.78. The van der Waals surface area contributed by atoms with Gasteiger partial charge in [0.25, 0.3) is 5.82 Å². The van der Waals surface area contributed by atoms with Crippen molar-refractivity contribution in [2.45, 2.75) is 19.4 Å². The molecular formula is C9H10N5+. The van der Waals surface area contributed by atoms with Crippen LogP contribution < -0.4 is 4.57 Å². The van der Waals surface area contributed by atoms with Crippen LogP contribution in [-0.4, -0.2) is 19.7 Å². The van der Waals surface area contributed by atoms with Gasteiger partial charge >= 0.3 is 5.95 Å². The lowest BCUT2D eigenvalue weighted by atomic mass is 10.4. The maximum Gasteiger partial charge on any atom is 0.328 e. The van der Waals surface area contributed by atoms with Crippen LogP contribution in [0.3, 0.4) is 0 Å². The van der Waals surface area contributed by atoms with E-state index in [0.717, 1.165) is 18.8 Å². The lowest BCUT2D eigenvalue weighted by Gasteiger charge is -1.88. The molecule has 0 saturated heterocycles. The second-order valence-corrected chi connectivity index (χ2v) is 3.32. The van der Waals surface area contributed by atoms with E-state index in [0.29, 0.717) is 5.95 Å². The standard InChI is InChI=1S/C9H10N5/c1-3-8-12-14(7-13(8)6-1)9-10-4-2-5-11-9/h2,4-5,7H,1,3,6H2/q+1. The minimum atomic E-state index is 0.634. The van der Waals surface area contributed by atoms with Gasteiger partial charge in [0.15, 0.2) is 0 Å². The van der Waals surface area contributed by atoms with E-state index in [2.05, 4.69) is 19.6 Å². The zero-order valence-corrected chi connectivity index (χ0v) is 7.67. The molecule has 0 atom stereocenters. The fraction of sp³-hybridized carbons (Fsp3) is 0.333. The predicted molar refractivity (Wildman–Crippen MR) is 47.7 cm³/mol. The van der Waals surface area contributed by atoms with Gasteiger partial charge in [-0.25, -0.2) is 14.5 Å². The molecule has 14 heavy (non-hydrogen) atoms. The summed E-state index contributed by atoms with van der Waals surface area (Å²) in [4.78, 5) is 8.28. The van der Waals surface area contributed by atoms with E-state index in [1.54, 1.807) is 23.1 Å². The molecule has 1 aliphatic rings. The van der Waals surface area contributed by atoms with Crippen LogP contribution in [-0.2, 0) is 13.0 Å². The molecule has 1 aliphatic heterocycles. The SMILES string of the molecule is c1cnc(-n2c[n+]3c(n2)CCC3)nc1. The molecule has 0 unspecified atom stereocenters. The van der Waals surface area contributed by atoms with Gasteiger partial charge in [-0.2, -0.15) is 0 Å². The lowest BCUT2D eigenvalue weighted by Crippen LogP contribution is -2.29. The number of fused-ring (bicyclic) bond motifs is 1. The molecule has 0 N–H and O–H groups in total. The highest BCUT2D eigenvalue weighted by atomic mass is 15.4. The summed E-state index contributed by atoms with van der Waals surface area (Å²) >= 11 is 0. The molecular weight excluding hydrogens is 178 g/mol. The van der Waals surface area contributed by atoms with Crippen molar-refractivity contribution in [1.82, 2.24) is 19.7 Å². The molecule has 0 amide bonds. The van der Waals surface area contributed by atoms with Crippen LogP contribution >= 0.6 is 0 Å². The zero-order chi connectivity index (χ0) is 9.38. The van der Waals surface area contributed by atoms with Crippen molar-refractivity contribution in [1.29, 1.82) is 0 Å². The van der Waals surface area contributed by atoms with E-state index in [1.165, 1.54) is 6.42 Å². The summed E-state index contributed by atoms with van der Waals surface area (Å²) in [5, 5.41) is 4.42. The quantitative estimate of drug-likeness (QED) is 0.587. The minimum absolute atomic E-state index is 0.634. The van der Waals surface area contributed by atoms with E-state index < -0.39 is 0 Å². The third-order valence-corrected chi connectivity index (χ3v) is 2.36. The first-order valence-electron chi connectivity index (χ1n) is 4.69. The Kier molecular flexibility index (Phi) is 1.56. The fourth-order valence-corrected chi connectivity index (χ4v) is 1.70. The Morgan fingerprint density at radius 1 is 1.29 bits per heavy atom. The summed E-state index contributed by atoms with van der Waals surface area (Å²) in [6, 6.07) is 1.80. The normalized spacial score (nSPS) is 14.3. The molecule has 2 aromatic rings. The van der Waals surface area contributed by atoms with Gasteiger partial charge < -0.3 is 0 Å². The van der Waals surface area contributed by atoms with Crippen molar-refractivity contribution in [3.05, 3.63) is 30.6 Å². The second-order valence-electron chi connectivity index (χ2n) is 3.32. The van der Waals surface area contributed by atoms with E-state index in [-0.39, 0.29) is 0 Å². The molecule has 0 aromatic carbocycles. The predicted octanol–water partition coefficient (Wildman–Crippen LogP) is -0.104. The number of rotatable bonds is 1. The van der Waals surface area contributed by atoms with Crippen LogP contribution in [0.1, 0.15) is 12.2 Å². The van der Waals surface area contributed by atoms with Gasteiger partial charge in [-0.05, 0) is 17.2 Å². The number of aromatic nitrogens is 5. The Balaban J connectivity index is 2.06. The summed E-state index contributed by atoms with van der Waals surface area (Å²) in [5.74, 6) is 1.76. The molecule has 0 spiro atoms. The number of hydrogen-bond acceptors (Lipinski definition) is 3. The summed E-state index contributed by atoms with van der Waals surface area (Å²) in [6.07, 6.45) is 7.65. The topological polar surface area (TPSA) is 47.5 Å². The first-order chi connectivity index (χ1) is 6.93. The second kappa shape index (κ2) is 2.87. The van der Waals surface area contributed by atoms with Crippen molar-refractivity contribution in [2.75, 3.05) is 0 Å². The largest absolute Gasteiger partial charge is 0.328 e. The molecule has 70 valence electrons. The fourth-order valence-electron chi connectivity index (χ4n) is 1.70. The van der Waals surface area contributed by atoms with Gasteiger partial charge in [-0.1, -0.05) is 0 Å². The van der Waals surface area contributed by atoms with E-state index in [4.69, 9.17) is 0 Å². The summed E-state index contributed by atoms with van der Waals surface area (Å²) in [6.45, 7) is 1.06. The molecule has 2 aromatic heterocycles. The van der Waals surface area contributed by atoms with Gasteiger partial charge in [0.1, 0.15) is 0 Å². The van der Waals surface area contributed by atoms with Crippen molar-refractivity contribution in [3.8, 4) is 5.95 Å². The van der Waals surface area contributed by atoms with Gasteiger partial charge in [-0.3, -0.25) is 0 Å². The maximum absolute atomic E-state index is 4.42. The highest BCUT2D eigenvalue weighted by molar-refractivity contribution is 5.05. The van der Waals surface area contributed by atoms with Gasteiger partial charge in [0, 0.05) is 23.9 Å². The number of hydrogen-bond donors (Lipinski definition) is 0. The van der Waals surface area contributed by atoms with Crippen LogP contribution in [0.15, 0.2) is 24.8 Å². The third kappa shape index (κ3) is 1.09. The van der Waals surface area contributed by atoms with Crippen molar-refractivity contribution >= 4 is 0 Å². The first kappa shape index (κ1) is 7.61. The van der Waals surface area contributed by atoms with E-state index >= 15 is 0 Å². The Morgan fingerprint density at radius 2 is 2.14 bits per heavy atom. The van der Waals surface area contributed by atoms with Crippen LogP contribution in [0.5, 0.6) is 0 Å². The highest BCUT2D eigenvalue weighted by Crippen LogP contribution is 2.04. The first-order valence-corrected chi connectivity index (χ1v) is 4.69. The van der Waals surface area contributed by atoms with Crippen molar-refractivity contribution in [2.24, 2.45) is 0 Å². The maximum atomic E-state index is 4.42. The molecule has 5 nitrogen and oxygen atoms in total. The average molecular weight is 188 g/mol. The molecule has 0 fully saturated rings. The monoisotopic (exact) mass is 188 g/mol. The Labute approximate surface area is 81.1 Å². The van der Waals surface area contributed by atoms with Gasteiger partial charge in [-0.15, -0.1) is 0 Å². The highest BCUT2D eigenvalue weighted by Gasteiger charge is 2.23. The molecule has 3 rings (SSSR count). The molecule has 0 radical (unpaired) electrons. The minimum Gasteiger partial charge on any atom is -0.234 e. The Morgan fingerprint density at radius 3 is 2.93 bits per heavy atom. The third-order valence-electron chi connectivity index (χ3n) is 2.36. The molecule has 5 heteroatoms. The van der Waals surface area contributed by atoms with E-state index in [1.807, 2.05) is 6.33 Å². The van der Waals surface area contributed by atoms with Crippen LogP contribution in [0.25, 0.3) is 5.95 Å². The van der Waals surface area contributed by atoms with E-state index in [9.17, 15) is 0 Å². The van der Waals surface area contributed by atoms with Crippen LogP contribution in [0, 0.1) is 0 Å². The van der Waals surface area contributed by atoms with Gasteiger partial charge in [0.05, 0.1) is 6.54 Å². The summed E-state index contributed by atoms with van der Waals surface area (Å²) in [5.41, 5.74) is 0. The zero-order valence-electron chi connectivity index (χ0n) is 7.67. The number of aryl methyl sites for hydroxylation is 2. The molecule has 0 saturated carbocycles. The smallest absolute Gasteiger partial charge is 0.234 e. The summed E-state index contributed by atoms with van der Waals surface area (Å²) in [7, 11) is 0. The lowest BCUT2D eigenvalue weighted by molar-refractivity contribution is -0.691. The summed E-state index contributed by atoms with van der Waals surface area (Å²) < 4.78 is 3.88. The van der Waals surface area contributed by atoms with Crippen molar-refractivity contribution < 1.29 is 4.57 Å².